The van der Waals surface area contributed by atoms with E-state index >= 15 is 0 Å². The van der Waals surface area contributed by atoms with Gasteiger partial charge in [0.25, 0.3) is 0 Å². The lowest BCUT2D eigenvalue weighted by atomic mass is 10.2. The summed E-state index contributed by atoms with van der Waals surface area (Å²) in [7, 11) is 0. The first kappa shape index (κ1) is 11.4. The fraction of sp³-hybridized carbons (Fsp3) is 0. The van der Waals surface area contributed by atoms with Crippen LogP contribution in [0.3, 0.4) is 0 Å². The van der Waals surface area contributed by atoms with Crippen LogP contribution in [0.5, 0.6) is 0 Å². The number of rotatable bonds is 1. The molecule has 0 N–H and O–H groups in total. The molecule has 2 aromatic heterocycles. The molecule has 0 amide bonds. The van der Waals surface area contributed by atoms with Gasteiger partial charge in [0.1, 0.15) is 21.1 Å². The lowest BCUT2D eigenvalue weighted by Crippen LogP contribution is -1.81. The minimum absolute atomic E-state index is 0.685. The molecule has 6 heteroatoms. The minimum atomic E-state index is 0.685. The first-order valence-corrected chi connectivity index (χ1v) is 7.15. The predicted molar refractivity (Wildman–Crippen MR) is 80.6 cm³/mol. The molecule has 17 heavy (non-hydrogen) atoms. The van der Waals surface area contributed by atoms with E-state index < -0.39 is 0 Å². The third-order valence-electron chi connectivity index (χ3n) is 2.24. The molecule has 3 rings (SSSR count). The minimum Gasteiger partial charge on any atom is -0.229 e. The van der Waals surface area contributed by atoms with E-state index in [1.807, 2.05) is 12.1 Å². The zero-order valence-corrected chi connectivity index (χ0v) is 12.3. The fourth-order valence-electron chi connectivity index (χ4n) is 1.49. The average Bonchev–Trinajstić information content (AvgIpc) is 2.74. The molecule has 3 aromatic rings. The Bertz CT molecular complexity index is 696. The van der Waals surface area contributed by atoms with Crippen LogP contribution in [-0.2, 0) is 0 Å². The Kier molecular flexibility index (Phi) is 3.01. The average molecular weight is 371 g/mol. The van der Waals surface area contributed by atoms with E-state index in [2.05, 4.69) is 62.3 Å². The zero-order chi connectivity index (χ0) is 11.8. The van der Waals surface area contributed by atoms with Gasteiger partial charge in [-0.15, -0.1) is 24.0 Å². The SMILES string of the molecule is Sc1ncnc2nc(-c3cccc(I)c3)sc12. The van der Waals surface area contributed by atoms with Crippen molar-refractivity contribution in [1.29, 1.82) is 0 Å². The molecule has 0 spiro atoms. The van der Waals surface area contributed by atoms with Crippen LogP contribution in [0.15, 0.2) is 35.6 Å². The highest BCUT2D eigenvalue weighted by Gasteiger charge is 2.09. The summed E-state index contributed by atoms with van der Waals surface area (Å²) in [5, 5.41) is 1.64. The van der Waals surface area contributed by atoms with Crippen LogP contribution in [0.2, 0.25) is 0 Å². The highest BCUT2D eigenvalue weighted by atomic mass is 127. The van der Waals surface area contributed by atoms with Crippen molar-refractivity contribution >= 4 is 56.9 Å². The maximum Gasteiger partial charge on any atom is 0.175 e. The van der Waals surface area contributed by atoms with Gasteiger partial charge in [0, 0.05) is 9.13 Å². The van der Waals surface area contributed by atoms with Gasteiger partial charge in [-0.25, -0.2) is 15.0 Å². The number of aromatic nitrogens is 3. The molecule has 0 fully saturated rings. The van der Waals surface area contributed by atoms with Crippen molar-refractivity contribution in [2.45, 2.75) is 5.03 Å². The normalized spacial score (nSPS) is 10.9. The van der Waals surface area contributed by atoms with Crippen molar-refractivity contribution in [1.82, 2.24) is 15.0 Å². The van der Waals surface area contributed by atoms with Crippen molar-refractivity contribution in [3.05, 3.63) is 34.2 Å². The second kappa shape index (κ2) is 4.51. The summed E-state index contributed by atoms with van der Waals surface area (Å²) in [6.45, 7) is 0. The van der Waals surface area contributed by atoms with Crippen molar-refractivity contribution in [2.75, 3.05) is 0 Å². The van der Waals surface area contributed by atoms with Crippen molar-refractivity contribution in [3.8, 4) is 10.6 Å². The highest BCUT2D eigenvalue weighted by molar-refractivity contribution is 14.1. The highest BCUT2D eigenvalue weighted by Crippen LogP contribution is 2.32. The van der Waals surface area contributed by atoms with Crippen LogP contribution in [0.1, 0.15) is 0 Å². The van der Waals surface area contributed by atoms with E-state index in [1.54, 1.807) is 11.3 Å². The number of thiol groups is 1. The smallest absolute Gasteiger partial charge is 0.175 e. The third kappa shape index (κ3) is 2.16. The van der Waals surface area contributed by atoms with Gasteiger partial charge in [0.05, 0.1) is 0 Å². The van der Waals surface area contributed by atoms with Crippen molar-refractivity contribution < 1.29 is 0 Å². The second-order valence-electron chi connectivity index (χ2n) is 3.38. The summed E-state index contributed by atoms with van der Waals surface area (Å²) >= 11 is 8.18. The summed E-state index contributed by atoms with van der Waals surface area (Å²) in [5.41, 5.74) is 1.82. The number of hydrogen-bond donors (Lipinski definition) is 1. The summed E-state index contributed by atoms with van der Waals surface area (Å²) in [6, 6.07) is 8.23. The molecule has 0 radical (unpaired) electrons. The summed E-state index contributed by atoms with van der Waals surface area (Å²) < 4.78 is 2.13. The van der Waals surface area contributed by atoms with E-state index in [9.17, 15) is 0 Å². The van der Waals surface area contributed by atoms with Gasteiger partial charge in [0.2, 0.25) is 0 Å². The Morgan fingerprint density at radius 3 is 2.88 bits per heavy atom. The molecule has 2 heterocycles. The summed E-state index contributed by atoms with van der Waals surface area (Å²) in [4.78, 5) is 12.7. The molecular formula is C11H6IN3S2. The van der Waals surface area contributed by atoms with Crippen LogP contribution >= 0.6 is 46.6 Å². The Balaban J connectivity index is 2.22. The maximum atomic E-state index is 4.50. The molecule has 0 atom stereocenters. The summed E-state index contributed by atoms with van der Waals surface area (Å²) in [6.07, 6.45) is 1.49. The molecule has 0 aliphatic heterocycles. The van der Waals surface area contributed by atoms with Crippen LogP contribution in [0.4, 0.5) is 0 Å². The van der Waals surface area contributed by atoms with Gasteiger partial charge < -0.3 is 0 Å². The largest absolute Gasteiger partial charge is 0.229 e. The Labute approximate surface area is 121 Å². The number of benzene rings is 1. The van der Waals surface area contributed by atoms with Crippen LogP contribution in [0.25, 0.3) is 20.9 Å². The van der Waals surface area contributed by atoms with Crippen molar-refractivity contribution in [3.63, 3.8) is 0 Å². The van der Waals surface area contributed by atoms with Crippen LogP contribution in [0, 0.1) is 3.57 Å². The summed E-state index contributed by atoms with van der Waals surface area (Å²) in [5.74, 6) is 0. The van der Waals surface area contributed by atoms with Gasteiger partial charge in [-0.2, -0.15) is 0 Å². The molecule has 84 valence electrons. The standard InChI is InChI=1S/C11H6IN3S2/c12-7-3-1-2-6(4-7)11-15-9-8(17-11)10(16)14-5-13-9/h1-5H,(H,13,14,16). The van der Waals surface area contributed by atoms with Gasteiger partial charge in [-0.1, -0.05) is 12.1 Å². The van der Waals surface area contributed by atoms with E-state index in [0.717, 1.165) is 15.3 Å². The zero-order valence-electron chi connectivity index (χ0n) is 8.46. The number of halogens is 1. The van der Waals surface area contributed by atoms with Gasteiger partial charge >= 0.3 is 0 Å². The van der Waals surface area contributed by atoms with Crippen molar-refractivity contribution in [2.24, 2.45) is 0 Å². The molecule has 0 aliphatic rings. The molecule has 0 aliphatic carbocycles. The quantitative estimate of drug-likeness (QED) is 0.403. The topological polar surface area (TPSA) is 38.7 Å². The molecule has 0 bridgehead atoms. The van der Waals surface area contributed by atoms with Crippen LogP contribution in [-0.4, -0.2) is 15.0 Å². The molecule has 0 saturated carbocycles. The Morgan fingerprint density at radius 2 is 2.12 bits per heavy atom. The maximum absolute atomic E-state index is 4.50. The monoisotopic (exact) mass is 371 g/mol. The second-order valence-corrected chi connectivity index (χ2v) is 6.05. The molecule has 0 saturated heterocycles. The van der Waals surface area contributed by atoms with Gasteiger partial charge in [0.15, 0.2) is 5.65 Å². The molecule has 1 aromatic carbocycles. The Morgan fingerprint density at radius 1 is 1.24 bits per heavy atom. The number of thiazole rings is 1. The Hall–Kier alpha value is -0.730. The van der Waals surface area contributed by atoms with E-state index in [-0.39, 0.29) is 0 Å². The molecule has 3 nitrogen and oxygen atoms in total. The predicted octanol–water partition coefficient (Wildman–Crippen LogP) is 3.65. The first-order valence-electron chi connectivity index (χ1n) is 4.80. The van der Waals surface area contributed by atoms with Gasteiger partial charge in [-0.3, -0.25) is 0 Å². The number of nitrogens with zero attached hydrogens (tertiary/aromatic N) is 3. The van der Waals surface area contributed by atoms with E-state index in [0.29, 0.717) is 10.7 Å². The molecule has 0 unspecified atom stereocenters. The van der Waals surface area contributed by atoms with E-state index in [4.69, 9.17) is 0 Å². The van der Waals surface area contributed by atoms with Gasteiger partial charge in [-0.05, 0) is 34.7 Å². The molecular weight excluding hydrogens is 365 g/mol. The van der Waals surface area contributed by atoms with E-state index in [1.165, 1.54) is 9.90 Å². The third-order valence-corrected chi connectivity index (χ3v) is 4.51. The fourth-order valence-corrected chi connectivity index (χ4v) is 3.22. The number of hydrogen-bond acceptors (Lipinski definition) is 5. The first-order chi connectivity index (χ1) is 8.24. The number of fused-ring (bicyclic) bond motifs is 1. The van der Waals surface area contributed by atoms with Crippen LogP contribution < -0.4 is 0 Å². The lowest BCUT2D eigenvalue weighted by molar-refractivity contribution is 1.10. The lowest BCUT2D eigenvalue weighted by Gasteiger charge is -1.95.